The van der Waals surface area contributed by atoms with Crippen LogP contribution < -0.4 is 5.32 Å². The van der Waals surface area contributed by atoms with Crippen molar-refractivity contribution >= 4 is 23.2 Å². The Morgan fingerprint density at radius 1 is 0.833 bits per heavy atom. The smallest absolute Gasteiger partial charge is 0.230 e. The van der Waals surface area contributed by atoms with Crippen LogP contribution in [-0.2, 0) is 0 Å². The van der Waals surface area contributed by atoms with Crippen molar-refractivity contribution in [3.05, 3.63) is 71.3 Å². The lowest BCUT2D eigenvalue weighted by Crippen LogP contribution is -2.22. The molecule has 1 aromatic heterocycles. The number of phenols is 1. The number of anilines is 2. The molecule has 2 aromatic carbocycles. The minimum Gasteiger partial charge on any atom is -0.507 e. The van der Waals surface area contributed by atoms with Gasteiger partial charge in [-0.05, 0) is 12.1 Å². The summed E-state index contributed by atoms with van der Waals surface area (Å²) in [5, 5.41) is 13.0. The lowest BCUT2D eigenvalue weighted by Gasteiger charge is -2.21. The van der Waals surface area contributed by atoms with Crippen molar-refractivity contribution in [2.24, 2.45) is 0 Å². The van der Waals surface area contributed by atoms with Crippen molar-refractivity contribution in [1.29, 1.82) is 0 Å². The molecule has 0 unspecified atom stereocenters. The number of rotatable bonds is 2. The highest BCUT2D eigenvalue weighted by atomic mass is 16.3. The Hall–Kier alpha value is -3.61. The predicted molar refractivity (Wildman–Crippen MR) is 84.5 cm³/mol. The van der Waals surface area contributed by atoms with E-state index in [-0.39, 0.29) is 34.2 Å². The van der Waals surface area contributed by atoms with Gasteiger partial charge in [0.05, 0.1) is 16.8 Å². The second-order valence-electron chi connectivity index (χ2n) is 5.17. The molecule has 0 fully saturated rings. The summed E-state index contributed by atoms with van der Waals surface area (Å²) in [6.45, 7) is 0. The monoisotopic (exact) mass is 318 g/mol. The molecule has 7 nitrogen and oxygen atoms in total. The van der Waals surface area contributed by atoms with E-state index in [2.05, 4.69) is 20.3 Å². The van der Waals surface area contributed by atoms with Crippen LogP contribution in [0.4, 0.5) is 11.6 Å². The van der Waals surface area contributed by atoms with Crippen molar-refractivity contribution in [2.45, 2.75) is 0 Å². The first kappa shape index (κ1) is 14.0. The number of aromatic hydroxyl groups is 1. The number of hydrogen-bond acceptors (Lipinski definition) is 7. The fourth-order valence-corrected chi connectivity index (χ4v) is 2.73. The molecule has 0 bridgehead atoms. The first-order valence-corrected chi connectivity index (χ1v) is 7.10. The number of nitrogens with zero attached hydrogens (tertiary/aromatic N) is 3. The molecule has 0 spiro atoms. The van der Waals surface area contributed by atoms with Crippen molar-refractivity contribution in [1.82, 2.24) is 15.0 Å². The van der Waals surface area contributed by atoms with Gasteiger partial charge < -0.3 is 10.4 Å². The molecule has 4 rings (SSSR count). The number of ketones is 2. The lowest BCUT2D eigenvalue weighted by atomic mass is 9.82. The molecule has 0 atom stereocenters. The fourth-order valence-electron chi connectivity index (χ4n) is 2.73. The molecule has 0 radical (unpaired) electrons. The number of nitrogens with one attached hydrogen (secondary N) is 1. The first-order valence-electron chi connectivity index (χ1n) is 7.10. The second-order valence-corrected chi connectivity index (χ2v) is 5.17. The molecule has 7 heteroatoms. The van der Waals surface area contributed by atoms with Gasteiger partial charge in [-0.25, -0.2) is 15.0 Å². The van der Waals surface area contributed by atoms with E-state index in [1.807, 2.05) is 0 Å². The van der Waals surface area contributed by atoms with Crippen LogP contribution in [0.15, 0.2) is 49.1 Å². The van der Waals surface area contributed by atoms with E-state index in [4.69, 9.17) is 0 Å². The van der Waals surface area contributed by atoms with E-state index < -0.39 is 5.78 Å². The first-order chi connectivity index (χ1) is 11.7. The standard InChI is InChI=1S/C17H10N4O3/c22-12-6-5-11(21-17-19-7-18-8-20-17)13-14(12)16(24)10-4-2-1-3-9(10)15(13)23/h1-8,22H,(H,18,19,20,21). The number of fused-ring (bicyclic) bond motifs is 2. The SMILES string of the molecule is O=C1c2ccccc2C(=O)c2c(Nc3ncncn3)ccc(O)c21. The summed E-state index contributed by atoms with van der Waals surface area (Å²) in [4.78, 5) is 37.2. The van der Waals surface area contributed by atoms with Crippen LogP contribution in [0.1, 0.15) is 31.8 Å². The van der Waals surface area contributed by atoms with E-state index in [0.29, 0.717) is 11.3 Å². The Labute approximate surface area is 136 Å². The molecular weight excluding hydrogens is 308 g/mol. The maximum absolute atomic E-state index is 12.9. The third kappa shape index (κ3) is 2.03. The molecule has 0 saturated heterocycles. The number of phenolic OH excluding ortho intramolecular Hbond substituents is 1. The van der Waals surface area contributed by atoms with Crippen molar-refractivity contribution < 1.29 is 14.7 Å². The summed E-state index contributed by atoms with van der Waals surface area (Å²) in [6, 6.07) is 9.41. The van der Waals surface area contributed by atoms with E-state index in [1.165, 1.54) is 24.8 Å². The molecule has 2 N–H and O–H groups in total. The Kier molecular flexibility index (Phi) is 3.06. The Bertz CT molecular complexity index is 986. The van der Waals surface area contributed by atoms with Gasteiger partial charge in [0, 0.05) is 11.1 Å². The van der Waals surface area contributed by atoms with Crippen LogP contribution >= 0.6 is 0 Å². The molecular formula is C17H10N4O3. The molecule has 3 aromatic rings. The van der Waals surface area contributed by atoms with E-state index >= 15 is 0 Å². The summed E-state index contributed by atoms with van der Waals surface area (Å²) in [5.41, 5.74) is 1.03. The van der Waals surface area contributed by atoms with E-state index in [9.17, 15) is 14.7 Å². The molecule has 24 heavy (non-hydrogen) atoms. The zero-order chi connectivity index (χ0) is 16.7. The predicted octanol–water partition coefficient (Wildman–Crippen LogP) is 2.10. The van der Waals surface area contributed by atoms with Gasteiger partial charge in [-0.15, -0.1) is 0 Å². The van der Waals surface area contributed by atoms with Gasteiger partial charge in [0.25, 0.3) is 0 Å². The van der Waals surface area contributed by atoms with Gasteiger partial charge in [0.2, 0.25) is 5.95 Å². The van der Waals surface area contributed by atoms with Crippen molar-refractivity contribution in [2.75, 3.05) is 5.32 Å². The Morgan fingerprint density at radius 3 is 2.12 bits per heavy atom. The zero-order valence-corrected chi connectivity index (χ0v) is 12.2. The molecule has 0 amide bonds. The fraction of sp³-hybridized carbons (Fsp3) is 0. The maximum Gasteiger partial charge on any atom is 0.230 e. The Balaban J connectivity index is 1.92. The van der Waals surface area contributed by atoms with Crippen LogP contribution in [0.2, 0.25) is 0 Å². The lowest BCUT2D eigenvalue weighted by molar-refractivity contribution is 0.0977. The third-order valence-electron chi connectivity index (χ3n) is 3.79. The van der Waals surface area contributed by atoms with Crippen LogP contribution in [0.5, 0.6) is 5.75 Å². The minimum atomic E-state index is -0.392. The quantitative estimate of drug-likeness (QED) is 0.545. The van der Waals surface area contributed by atoms with Gasteiger partial charge in [-0.1, -0.05) is 24.3 Å². The molecule has 1 heterocycles. The van der Waals surface area contributed by atoms with Gasteiger partial charge in [-0.2, -0.15) is 0 Å². The molecule has 116 valence electrons. The number of aromatic nitrogens is 3. The molecule has 0 aliphatic heterocycles. The average molecular weight is 318 g/mol. The van der Waals surface area contributed by atoms with E-state index in [0.717, 1.165) is 0 Å². The largest absolute Gasteiger partial charge is 0.507 e. The zero-order valence-electron chi connectivity index (χ0n) is 12.2. The van der Waals surface area contributed by atoms with E-state index in [1.54, 1.807) is 24.3 Å². The van der Waals surface area contributed by atoms with Crippen LogP contribution in [0.25, 0.3) is 0 Å². The topological polar surface area (TPSA) is 105 Å². The van der Waals surface area contributed by atoms with Crippen LogP contribution in [0, 0.1) is 0 Å². The molecule has 1 aliphatic rings. The molecule has 1 aliphatic carbocycles. The highest BCUT2D eigenvalue weighted by Crippen LogP contribution is 2.37. The number of carbonyl (C=O) groups excluding carboxylic acids is 2. The summed E-state index contributed by atoms with van der Waals surface area (Å²) in [6.07, 6.45) is 2.62. The number of benzene rings is 2. The summed E-state index contributed by atoms with van der Waals surface area (Å²) in [7, 11) is 0. The van der Waals surface area contributed by atoms with Gasteiger partial charge in [0.15, 0.2) is 11.6 Å². The maximum atomic E-state index is 12.9. The van der Waals surface area contributed by atoms with Gasteiger partial charge in [-0.3, -0.25) is 9.59 Å². The second kappa shape index (κ2) is 5.24. The van der Waals surface area contributed by atoms with Crippen molar-refractivity contribution in [3.63, 3.8) is 0 Å². The number of carbonyl (C=O) groups is 2. The minimum absolute atomic E-state index is 0.0160. The average Bonchev–Trinajstić information content (AvgIpc) is 2.62. The van der Waals surface area contributed by atoms with Crippen LogP contribution in [-0.4, -0.2) is 31.6 Å². The van der Waals surface area contributed by atoms with Gasteiger partial charge >= 0.3 is 0 Å². The summed E-state index contributed by atoms with van der Waals surface area (Å²) < 4.78 is 0. The highest BCUT2D eigenvalue weighted by Gasteiger charge is 2.34. The molecule has 0 saturated carbocycles. The highest BCUT2D eigenvalue weighted by molar-refractivity contribution is 6.31. The number of hydrogen-bond donors (Lipinski definition) is 2. The van der Waals surface area contributed by atoms with Crippen molar-refractivity contribution in [3.8, 4) is 5.75 Å². The van der Waals surface area contributed by atoms with Crippen LogP contribution in [0.3, 0.4) is 0 Å². The summed E-state index contributed by atoms with van der Waals surface area (Å²) >= 11 is 0. The normalized spacial score (nSPS) is 12.5. The third-order valence-corrected chi connectivity index (χ3v) is 3.79. The van der Waals surface area contributed by atoms with Gasteiger partial charge in [0.1, 0.15) is 18.4 Å². The Morgan fingerprint density at radius 2 is 1.46 bits per heavy atom. The summed E-state index contributed by atoms with van der Waals surface area (Å²) in [5.74, 6) is -0.735.